The Morgan fingerprint density at radius 3 is 2.83 bits per heavy atom. The van der Waals surface area contributed by atoms with Gasteiger partial charge in [-0.3, -0.25) is 4.90 Å². The minimum Gasteiger partial charge on any atom is -0.456 e. The molecule has 23 heavy (non-hydrogen) atoms. The Morgan fingerprint density at radius 1 is 1.09 bits per heavy atom. The summed E-state index contributed by atoms with van der Waals surface area (Å²) in [5.41, 5.74) is 4.68. The molecule has 3 nitrogen and oxygen atoms in total. The molecule has 2 aromatic carbocycles. The number of aryl methyl sites for hydroxylation is 1. The van der Waals surface area contributed by atoms with E-state index in [-0.39, 0.29) is 0 Å². The first-order valence-electron chi connectivity index (χ1n) is 8.66. The zero-order valence-electron chi connectivity index (χ0n) is 13.7. The maximum absolute atomic E-state index is 6.04. The average molecular weight is 306 g/mol. The number of rotatable bonds is 1. The second-order valence-electron chi connectivity index (χ2n) is 7.06. The molecule has 3 heteroatoms. The van der Waals surface area contributed by atoms with Gasteiger partial charge in [0, 0.05) is 35.6 Å². The number of benzene rings is 2. The number of para-hydroxylation sites is 1. The van der Waals surface area contributed by atoms with Crippen molar-refractivity contribution in [3.63, 3.8) is 0 Å². The molecule has 3 aromatic rings. The van der Waals surface area contributed by atoms with Gasteiger partial charge in [0.05, 0.1) is 6.17 Å². The maximum atomic E-state index is 6.04. The minimum atomic E-state index is 0.497. The first-order chi connectivity index (χ1) is 11.2. The average Bonchev–Trinajstić information content (AvgIpc) is 3.02. The normalized spacial score (nSPS) is 27.2. The van der Waals surface area contributed by atoms with E-state index in [1.807, 2.05) is 6.07 Å². The van der Waals surface area contributed by atoms with E-state index in [1.165, 1.54) is 48.0 Å². The van der Waals surface area contributed by atoms with Crippen LogP contribution in [0.1, 0.15) is 25.3 Å². The van der Waals surface area contributed by atoms with E-state index in [1.54, 1.807) is 0 Å². The van der Waals surface area contributed by atoms with Crippen LogP contribution in [0, 0.1) is 6.92 Å². The third-order valence-electron chi connectivity index (χ3n) is 5.73. The molecule has 2 fully saturated rings. The van der Waals surface area contributed by atoms with Crippen LogP contribution >= 0.6 is 0 Å². The van der Waals surface area contributed by atoms with Crippen molar-refractivity contribution in [3.05, 3.63) is 42.0 Å². The summed E-state index contributed by atoms with van der Waals surface area (Å²) in [6.07, 6.45) is 3.13. The van der Waals surface area contributed by atoms with Gasteiger partial charge in [0.25, 0.3) is 0 Å². The highest BCUT2D eigenvalue weighted by molar-refractivity contribution is 6.06. The Kier molecular flexibility index (Phi) is 2.77. The number of nitrogens with zero attached hydrogens (tertiary/aromatic N) is 2. The van der Waals surface area contributed by atoms with Gasteiger partial charge in [-0.15, -0.1) is 0 Å². The Bertz CT molecular complexity index is 895. The van der Waals surface area contributed by atoms with Crippen LogP contribution in [0.15, 0.2) is 40.8 Å². The third-order valence-corrected chi connectivity index (χ3v) is 5.73. The van der Waals surface area contributed by atoms with E-state index in [2.05, 4.69) is 54.0 Å². The number of piperidine rings is 1. The number of hydrogen-bond donors (Lipinski definition) is 0. The minimum absolute atomic E-state index is 0.497. The second kappa shape index (κ2) is 4.75. The van der Waals surface area contributed by atoms with Gasteiger partial charge in [-0.2, -0.15) is 0 Å². The zero-order chi connectivity index (χ0) is 15.6. The Labute approximate surface area is 136 Å². The van der Waals surface area contributed by atoms with Gasteiger partial charge in [-0.1, -0.05) is 18.2 Å². The molecular weight excluding hydrogens is 284 g/mol. The van der Waals surface area contributed by atoms with Crippen LogP contribution in [0.4, 0.5) is 5.69 Å². The smallest absolute Gasteiger partial charge is 0.135 e. The molecule has 2 aliphatic rings. The summed E-state index contributed by atoms with van der Waals surface area (Å²) in [7, 11) is 0. The van der Waals surface area contributed by atoms with Gasteiger partial charge in [-0.25, -0.2) is 0 Å². The highest BCUT2D eigenvalue weighted by Crippen LogP contribution is 2.39. The standard InChI is InChI=1S/C20H22N2O/c1-13-10-20-17(16-7-3-4-8-19(16)23-20)11-18(13)22-14(2)21-9-5-6-15(22)12-21/h3-4,7-8,10-11,14-15H,5-6,9,12H2,1-2H3/t14-,15?/m0/s1. The van der Waals surface area contributed by atoms with Gasteiger partial charge < -0.3 is 9.32 Å². The monoisotopic (exact) mass is 306 g/mol. The van der Waals surface area contributed by atoms with Crippen molar-refractivity contribution in [1.82, 2.24) is 4.90 Å². The van der Waals surface area contributed by atoms with Crippen molar-refractivity contribution >= 4 is 27.6 Å². The maximum Gasteiger partial charge on any atom is 0.135 e. The predicted octanol–water partition coefficient (Wildman–Crippen LogP) is 4.52. The molecule has 0 saturated carbocycles. The summed E-state index contributed by atoms with van der Waals surface area (Å²) in [5.74, 6) is 0. The van der Waals surface area contributed by atoms with Crippen LogP contribution in [0.25, 0.3) is 21.9 Å². The van der Waals surface area contributed by atoms with Gasteiger partial charge in [-0.05, 0) is 50.5 Å². The van der Waals surface area contributed by atoms with Crippen molar-refractivity contribution in [3.8, 4) is 0 Å². The lowest BCUT2D eigenvalue weighted by atomic mass is 10.0. The molecule has 3 heterocycles. The highest BCUT2D eigenvalue weighted by Gasteiger charge is 2.39. The van der Waals surface area contributed by atoms with E-state index in [9.17, 15) is 0 Å². The molecule has 0 radical (unpaired) electrons. The van der Waals surface area contributed by atoms with Crippen molar-refractivity contribution in [2.24, 2.45) is 0 Å². The molecule has 0 amide bonds. The fourth-order valence-corrected chi connectivity index (χ4v) is 4.57. The van der Waals surface area contributed by atoms with E-state index in [0.29, 0.717) is 12.2 Å². The molecule has 0 aliphatic carbocycles. The quantitative estimate of drug-likeness (QED) is 0.659. The van der Waals surface area contributed by atoms with Gasteiger partial charge >= 0.3 is 0 Å². The molecule has 1 aromatic heterocycles. The van der Waals surface area contributed by atoms with Gasteiger partial charge in [0.1, 0.15) is 11.2 Å². The second-order valence-corrected chi connectivity index (χ2v) is 7.06. The summed E-state index contributed by atoms with van der Waals surface area (Å²) in [5, 5.41) is 2.46. The van der Waals surface area contributed by atoms with Gasteiger partial charge in [0.2, 0.25) is 0 Å². The first kappa shape index (κ1) is 13.4. The van der Waals surface area contributed by atoms with E-state index in [0.717, 1.165) is 11.2 Å². The molecule has 2 aliphatic heterocycles. The van der Waals surface area contributed by atoms with Crippen LogP contribution in [0.2, 0.25) is 0 Å². The van der Waals surface area contributed by atoms with Crippen molar-refractivity contribution < 1.29 is 4.42 Å². The van der Waals surface area contributed by atoms with Crippen LogP contribution in [0.3, 0.4) is 0 Å². The fraction of sp³-hybridized carbons (Fsp3) is 0.400. The molecule has 0 spiro atoms. The number of furan rings is 1. The predicted molar refractivity (Wildman–Crippen MR) is 95.0 cm³/mol. The van der Waals surface area contributed by atoms with E-state index in [4.69, 9.17) is 4.42 Å². The SMILES string of the molecule is Cc1cc2oc3ccccc3c2cc1N1C2CCCN(C2)[C@@H]1C. The number of anilines is 1. The van der Waals surface area contributed by atoms with E-state index < -0.39 is 0 Å². The molecule has 3 atom stereocenters. The van der Waals surface area contributed by atoms with Crippen LogP contribution in [-0.4, -0.2) is 30.2 Å². The molecular formula is C20H22N2O. The molecule has 5 rings (SSSR count). The Morgan fingerprint density at radius 2 is 1.96 bits per heavy atom. The summed E-state index contributed by atoms with van der Waals surface area (Å²) in [6.45, 7) is 7.02. The lowest BCUT2D eigenvalue weighted by Crippen LogP contribution is -2.36. The molecule has 2 unspecified atom stereocenters. The van der Waals surface area contributed by atoms with Crippen LogP contribution < -0.4 is 4.90 Å². The summed E-state index contributed by atoms with van der Waals surface area (Å²) in [4.78, 5) is 5.26. The Balaban J connectivity index is 1.72. The topological polar surface area (TPSA) is 19.6 Å². The Hall–Kier alpha value is -2.00. The van der Waals surface area contributed by atoms with Crippen LogP contribution in [0.5, 0.6) is 0 Å². The lowest BCUT2D eigenvalue weighted by molar-refractivity contribution is 0.244. The molecule has 2 bridgehead atoms. The van der Waals surface area contributed by atoms with Crippen LogP contribution in [-0.2, 0) is 0 Å². The summed E-state index contributed by atoms with van der Waals surface area (Å²) in [6, 6.07) is 13.6. The largest absolute Gasteiger partial charge is 0.456 e. The summed E-state index contributed by atoms with van der Waals surface area (Å²) < 4.78 is 6.04. The van der Waals surface area contributed by atoms with Crippen molar-refractivity contribution in [2.75, 3.05) is 18.0 Å². The highest BCUT2D eigenvalue weighted by atomic mass is 16.3. The van der Waals surface area contributed by atoms with Gasteiger partial charge in [0.15, 0.2) is 0 Å². The summed E-state index contributed by atoms with van der Waals surface area (Å²) >= 11 is 0. The third kappa shape index (κ3) is 1.86. The number of fused-ring (bicyclic) bond motifs is 5. The van der Waals surface area contributed by atoms with E-state index >= 15 is 0 Å². The van der Waals surface area contributed by atoms with Crippen molar-refractivity contribution in [2.45, 2.75) is 38.9 Å². The van der Waals surface area contributed by atoms with Crippen molar-refractivity contribution in [1.29, 1.82) is 0 Å². The number of hydrogen-bond acceptors (Lipinski definition) is 3. The molecule has 118 valence electrons. The fourth-order valence-electron chi connectivity index (χ4n) is 4.57. The zero-order valence-corrected chi connectivity index (χ0v) is 13.7. The first-order valence-corrected chi connectivity index (χ1v) is 8.66. The molecule has 0 N–H and O–H groups in total. The lowest BCUT2D eigenvalue weighted by Gasteiger charge is -2.30. The molecule has 2 saturated heterocycles.